The van der Waals surface area contributed by atoms with Gasteiger partial charge in [-0.3, -0.25) is 9.69 Å². The Hall–Kier alpha value is -2.30. The van der Waals surface area contributed by atoms with Crippen molar-refractivity contribution in [1.82, 2.24) is 9.88 Å². The van der Waals surface area contributed by atoms with E-state index in [1.807, 2.05) is 43.4 Å². The molecular weight excluding hydrogens is 360 g/mol. The third-order valence-corrected chi connectivity index (χ3v) is 4.65. The molecule has 0 amide bonds. The van der Waals surface area contributed by atoms with Gasteiger partial charge in [-0.1, -0.05) is 47.5 Å². The van der Waals surface area contributed by atoms with E-state index >= 15 is 0 Å². The lowest BCUT2D eigenvalue weighted by molar-refractivity contribution is -0.150. The van der Waals surface area contributed by atoms with Crippen molar-refractivity contribution in [3.63, 3.8) is 0 Å². The number of benzene rings is 2. The van der Waals surface area contributed by atoms with Gasteiger partial charge in [0.1, 0.15) is 12.6 Å². The number of hydrogen-bond acceptors (Lipinski definition) is 3. The van der Waals surface area contributed by atoms with Crippen LogP contribution in [0.2, 0.25) is 0 Å². The van der Waals surface area contributed by atoms with Crippen molar-refractivity contribution in [3.05, 3.63) is 70.9 Å². The minimum Gasteiger partial charge on any atom is -0.460 e. The predicted molar refractivity (Wildman–Crippen MR) is 112 cm³/mol. The Morgan fingerprint density at radius 2 is 1.78 bits per heavy atom. The molecular formula is C22H27ClN2O2. The molecule has 0 aliphatic carbocycles. The van der Waals surface area contributed by atoms with E-state index in [1.165, 1.54) is 11.1 Å². The number of halogens is 1. The van der Waals surface area contributed by atoms with Crippen LogP contribution in [0.4, 0.5) is 0 Å². The van der Waals surface area contributed by atoms with Crippen molar-refractivity contribution in [2.75, 3.05) is 14.1 Å². The van der Waals surface area contributed by atoms with Crippen LogP contribution in [0.5, 0.6) is 0 Å². The lowest BCUT2D eigenvalue weighted by atomic mass is 10.0. The van der Waals surface area contributed by atoms with Gasteiger partial charge in [0, 0.05) is 23.5 Å². The van der Waals surface area contributed by atoms with Gasteiger partial charge in [-0.2, -0.15) is 0 Å². The number of aryl methyl sites for hydroxylation is 2. The molecule has 3 aromatic rings. The molecule has 27 heavy (non-hydrogen) atoms. The predicted octanol–water partition coefficient (Wildman–Crippen LogP) is 4.42. The largest absolute Gasteiger partial charge is 0.460 e. The Morgan fingerprint density at radius 3 is 2.44 bits per heavy atom. The summed E-state index contributed by atoms with van der Waals surface area (Å²) in [5.41, 5.74) is 5.60. The summed E-state index contributed by atoms with van der Waals surface area (Å²) in [4.78, 5) is 17.9. The summed E-state index contributed by atoms with van der Waals surface area (Å²) < 4.78 is 5.63. The van der Waals surface area contributed by atoms with E-state index < -0.39 is 0 Å². The Labute approximate surface area is 166 Å². The van der Waals surface area contributed by atoms with Crippen LogP contribution in [0.1, 0.15) is 22.3 Å². The van der Waals surface area contributed by atoms with Gasteiger partial charge < -0.3 is 9.72 Å². The third kappa shape index (κ3) is 5.12. The fraction of sp³-hybridized carbons (Fsp3) is 0.318. The molecule has 1 heterocycles. The first kappa shape index (κ1) is 21.0. The molecule has 1 N–H and O–H groups in total. The SMILES string of the molecule is Cc1cc(C)cc(COC(=O)C(Cc2c[nH]c3ccccc23)N(C)C)c1.Cl. The summed E-state index contributed by atoms with van der Waals surface area (Å²) in [6, 6.07) is 14.1. The Morgan fingerprint density at radius 1 is 1.11 bits per heavy atom. The minimum absolute atomic E-state index is 0. The van der Waals surface area contributed by atoms with Crippen molar-refractivity contribution in [2.45, 2.75) is 32.9 Å². The third-order valence-electron chi connectivity index (χ3n) is 4.65. The molecule has 1 unspecified atom stereocenters. The van der Waals surface area contributed by atoms with Crippen LogP contribution in [-0.4, -0.2) is 36.0 Å². The Bertz CT molecular complexity index is 897. The van der Waals surface area contributed by atoms with Crippen LogP contribution in [0, 0.1) is 13.8 Å². The van der Waals surface area contributed by atoms with Crippen LogP contribution in [-0.2, 0) is 22.6 Å². The van der Waals surface area contributed by atoms with Crippen LogP contribution in [0.25, 0.3) is 10.9 Å². The second-order valence-corrected chi connectivity index (χ2v) is 7.15. The summed E-state index contributed by atoms with van der Waals surface area (Å²) in [7, 11) is 3.83. The Balaban J connectivity index is 0.00000261. The summed E-state index contributed by atoms with van der Waals surface area (Å²) in [6.45, 7) is 4.41. The van der Waals surface area contributed by atoms with Crippen molar-refractivity contribution < 1.29 is 9.53 Å². The maximum Gasteiger partial charge on any atom is 0.324 e. The maximum absolute atomic E-state index is 12.7. The van der Waals surface area contributed by atoms with Crippen LogP contribution >= 0.6 is 12.4 Å². The highest BCUT2D eigenvalue weighted by molar-refractivity contribution is 5.85. The van der Waals surface area contributed by atoms with Gasteiger partial charge in [0.05, 0.1) is 0 Å². The molecule has 4 nitrogen and oxygen atoms in total. The summed E-state index contributed by atoms with van der Waals surface area (Å²) >= 11 is 0. The number of aromatic nitrogens is 1. The zero-order valence-electron chi connectivity index (χ0n) is 16.3. The molecule has 2 aromatic carbocycles. The van der Waals surface area contributed by atoms with Crippen LogP contribution in [0.3, 0.4) is 0 Å². The standard InChI is InChI=1S/C22H26N2O2.ClH/c1-15-9-16(2)11-17(10-15)14-26-22(25)21(24(3)4)12-18-13-23-20-8-6-5-7-19(18)20;/h5-11,13,21,23H,12,14H2,1-4H3;1H. The molecule has 0 saturated carbocycles. The molecule has 144 valence electrons. The fourth-order valence-corrected chi connectivity index (χ4v) is 3.39. The monoisotopic (exact) mass is 386 g/mol. The number of ether oxygens (including phenoxy) is 1. The van der Waals surface area contributed by atoms with E-state index in [9.17, 15) is 4.79 Å². The van der Waals surface area contributed by atoms with E-state index in [1.54, 1.807) is 0 Å². The molecule has 0 saturated heterocycles. The number of para-hydroxylation sites is 1. The summed E-state index contributed by atoms with van der Waals surface area (Å²) in [5.74, 6) is -0.195. The molecule has 5 heteroatoms. The zero-order valence-corrected chi connectivity index (χ0v) is 17.1. The number of rotatable bonds is 6. The van der Waals surface area contributed by atoms with Gasteiger partial charge in [-0.15, -0.1) is 12.4 Å². The lowest BCUT2D eigenvalue weighted by Gasteiger charge is -2.22. The van der Waals surface area contributed by atoms with Gasteiger partial charge in [0.2, 0.25) is 0 Å². The average molecular weight is 387 g/mol. The molecule has 0 aliphatic heterocycles. The number of H-pyrrole nitrogens is 1. The topological polar surface area (TPSA) is 45.3 Å². The van der Waals surface area contributed by atoms with Crippen molar-refractivity contribution in [2.24, 2.45) is 0 Å². The number of esters is 1. The smallest absolute Gasteiger partial charge is 0.324 e. The number of hydrogen-bond donors (Lipinski definition) is 1. The highest BCUT2D eigenvalue weighted by Gasteiger charge is 2.24. The number of aromatic amines is 1. The molecule has 3 rings (SSSR count). The number of likely N-dealkylation sites (N-methyl/N-ethyl adjacent to an activating group) is 1. The van der Waals surface area contributed by atoms with Gasteiger partial charge in [-0.25, -0.2) is 0 Å². The first-order valence-electron chi connectivity index (χ1n) is 8.89. The molecule has 0 bridgehead atoms. The Kier molecular flexibility index (Phi) is 7.05. The maximum atomic E-state index is 12.7. The first-order valence-corrected chi connectivity index (χ1v) is 8.89. The molecule has 1 aromatic heterocycles. The van der Waals surface area contributed by atoms with Gasteiger partial charge in [0.25, 0.3) is 0 Å². The minimum atomic E-state index is -0.319. The van der Waals surface area contributed by atoms with Gasteiger partial charge in [0.15, 0.2) is 0 Å². The molecule has 0 radical (unpaired) electrons. The molecule has 0 aliphatic rings. The molecule has 0 fully saturated rings. The van der Waals surface area contributed by atoms with Gasteiger partial charge in [-0.05, 0) is 45.1 Å². The number of carbonyl (C=O) groups is 1. The second kappa shape index (κ2) is 9.07. The fourth-order valence-electron chi connectivity index (χ4n) is 3.39. The van der Waals surface area contributed by atoms with Crippen LogP contribution < -0.4 is 0 Å². The van der Waals surface area contributed by atoms with Crippen molar-refractivity contribution >= 4 is 29.3 Å². The summed E-state index contributed by atoms with van der Waals surface area (Å²) in [5, 5.41) is 1.15. The van der Waals surface area contributed by atoms with Gasteiger partial charge >= 0.3 is 5.97 Å². The second-order valence-electron chi connectivity index (χ2n) is 7.15. The first-order chi connectivity index (χ1) is 12.4. The number of carbonyl (C=O) groups excluding carboxylic acids is 1. The highest BCUT2D eigenvalue weighted by Crippen LogP contribution is 2.21. The lowest BCUT2D eigenvalue weighted by Crippen LogP contribution is -2.38. The summed E-state index contributed by atoms with van der Waals surface area (Å²) in [6.07, 6.45) is 2.60. The van der Waals surface area contributed by atoms with E-state index in [0.29, 0.717) is 13.0 Å². The molecule has 1 atom stereocenters. The van der Waals surface area contributed by atoms with Crippen molar-refractivity contribution in [1.29, 1.82) is 0 Å². The van der Waals surface area contributed by atoms with E-state index in [-0.39, 0.29) is 24.4 Å². The number of nitrogens with one attached hydrogen (secondary N) is 1. The van der Waals surface area contributed by atoms with E-state index in [0.717, 1.165) is 22.0 Å². The van der Waals surface area contributed by atoms with Crippen molar-refractivity contribution in [3.8, 4) is 0 Å². The number of nitrogens with zero attached hydrogens (tertiary/aromatic N) is 1. The highest BCUT2D eigenvalue weighted by atomic mass is 35.5. The number of fused-ring (bicyclic) bond motifs is 1. The quantitative estimate of drug-likeness (QED) is 0.638. The van der Waals surface area contributed by atoms with E-state index in [4.69, 9.17) is 4.74 Å². The van der Waals surface area contributed by atoms with Crippen LogP contribution in [0.15, 0.2) is 48.7 Å². The van der Waals surface area contributed by atoms with E-state index in [2.05, 4.69) is 43.1 Å². The zero-order chi connectivity index (χ0) is 18.7. The average Bonchev–Trinajstić information content (AvgIpc) is 2.99. The normalized spacial score (nSPS) is 12.0. The molecule has 0 spiro atoms.